The maximum atomic E-state index is 12.6. The number of carbonyl (C=O) groups excluding carboxylic acids is 2. The molecule has 0 aliphatic heterocycles. The molecule has 3 fully saturated rings. The number of ketones is 2. The number of hydrogen-bond acceptors (Lipinski definition) is 2. The summed E-state index contributed by atoms with van der Waals surface area (Å²) in [6, 6.07) is 0. The van der Waals surface area contributed by atoms with Crippen LogP contribution < -0.4 is 0 Å². The molecule has 21 heavy (non-hydrogen) atoms. The zero-order valence-electron chi connectivity index (χ0n) is 15.7. The Kier molecular flexibility index (Phi) is 2.20. The first-order valence-electron chi connectivity index (χ1n) is 9.94. The van der Waals surface area contributed by atoms with E-state index >= 15 is 0 Å². The van der Waals surface area contributed by atoms with E-state index in [2.05, 4.69) is 6.92 Å². The van der Waals surface area contributed by atoms with Crippen molar-refractivity contribution in [2.75, 3.05) is 0 Å². The molecule has 2 nitrogen and oxygen atoms in total. The number of rotatable bonds is 0. The van der Waals surface area contributed by atoms with Gasteiger partial charge in [0.25, 0.3) is 0 Å². The lowest BCUT2D eigenvalue weighted by Gasteiger charge is -2.59. The van der Waals surface area contributed by atoms with Gasteiger partial charge in [-0.25, -0.2) is 0 Å². The molecule has 1 unspecified atom stereocenters. The summed E-state index contributed by atoms with van der Waals surface area (Å²) in [7, 11) is 0. The normalized spacial score (nSPS) is 55.0. The molecule has 0 aromatic rings. The van der Waals surface area contributed by atoms with Gasteiger partial charge >= 0.3 is 0 Å². The van der Waals surface area contributed by atoms with Crippen LogP contribution in [0, 0.1) is 34.5 Å². The summed E-state index contributed by atoms with van der Waals surface area (Å²) in [4.78, 5) is 24.5. The summed E-state index contributed by atoms with van der Waals surface area (Å²) in [5.74, 6) is 1.22. The van der Waals surface area contributed by atoms with Gasteiger partial charge in [0.1, 0.15) is 5.78 Å². The van der Waals surface area contributed by atoms with Crippen LogP contribution in [0.3, 0.4) is 0 Å². The fourth-order valence-corrected chi connectivity index (χ4v) is 6.05. The fourth-order valence-electron chi connectivity index (χ4n) is 6.05. The molecular formula is C19H26O2. The summed E-state index contributed by atoms with van der Waals surface area (Å²) >= 11 is 0. The second-order valence-corrected chi connectivity index (χ2v) is 8.05. The van der Waals surface area contributed by atoms with Gasteiger partial charge in [-0.15, -0.1) is 0 Å². The van der Waals surface area contributed by atoms with Gasteiger partial charge in [0.15, 0.2) is 5.78 Å². The van der Waals surface area contributed by atoms with E-state index in [1.54, 1.807) is 0 Å². The molecule has 0 heterocycles. The summed E-state index contributed by atoms with van der Waals surface area (Å²) < 4.78 is 24.2. The summed E-state index contributed by atoms with van der Waals surface area (Å²) in [5.41, 5.74) is -1.04. The lowest BCUT2D eigenvalue weighted by Crippen LogP contribution is -2.53. The minimum absolute atomic E-state index is 0.136. The number of Topliss-reactive ketones (excluding diaryl/α,β-unsaturated/α-hetero) is 1. The second-order valence-electron chi connectivity index (χ2n) is 8.05. The average Bonchev–Trinajstić information content (AvgIpc) is 2.86. The van der Waals surface area contributed by atoms with Gasteiger partial charge < -0.3 is 0 Å². The third-order valence-electron chi connectivity index (χ3n) is 7.34. The molecule has 4 aliphatic rings. The topological polar surface area (TPSA) is 34.1 Å². The van der Waals surface area contributed by atoms with Crippen LogP contribution in [-0.4, -0.2) is 11.6 Å². The molecule has 0 N–H and O–H groups in total. The lowest BCUT2D eigenvalue weighted by molar-refractivity contribution is -0.142. The zero-order valence-corrected chi connectivity index (χ0v) is 12.7. The first kappa shape index (κ1) is 10.7. The largest absolute Gasteiger partial charge is 0.300 e. The Morgan fingerprint density at radius 3 is 2.90 bits per heavy atom. The summed E-state index contributed by atoms with van der Waals surface area (Å²) in [6.45, 7) is 0.0905. The Balaban J connectivity index is 1.71. The molecule has 0 spiro atoms. The molecule has 0 bridgehead atoms. The zero-order chi connectivity index (χ0) is 17.3. The lowest BCUT2D eigenvalue weighted by atomic mass is 9.45. The highest BCUT2D eigenvalue weighted by atomic mass is 16.1. The predicted octanol–water partition coefficient (Wildman–Crippen LogP) is 3.94. The van der Waals surface area contributed by atoms with E-state index in [0.29, 0.717) is 36.9 Å². The number of carbonyl (C=O) groups is 2. The Morgan fingerprint density at radius 1 is 1.24 bits per heavy atom. The Morgan fingerprint density at radius 2 is 2.10 bits per heavy atom. The van der Waals surface area contributed by atoms with Crippen LogP contribution in [-0.2, 0) is 9.59 Å². The van der Waals surface area contributed by atoms with Crippen molar-refractivity contribution in [2.45, 2.75) is 58.7 Å². The Labute approximate surface area is 131 Å². The highest BCUT2D eigenvalue weighted by Crippen LogP contribution is 2.63. The van der Waals surface area contributed by atoms with Crippen molar-refractivity contribution in [1.29, 1.82) is 0 Å². The van der Waals surface area contributed by atoms with Gasteiger partial charge in [0.05, 0.1) is 0 Å². The van der Waals surface area contributed by atoms with Crippen LogP contribution in [0.25, 0.3) is 0 Å². The third-order valence-corrected chi connectivity index (χ3v) is 7.34. The smallest absolute Gasteiger partial charge is 0.161 e. The molecule has 4 rings (SSSR count). The van der Waals surface area contributed by atoms with E-state index in [1.165, 1.54) is 6.08 Å². The monoisotopic (exact) mass is 289 g/mol. The highest BCUT2D eigenvalue weighted by Gasteiger charge is 2.58. The molecule has 0 amide bonds. The minimum Gasteiger partial charge on any atom is -0.300 e. The van der Waals surface area contributed by atoms with E-state index in [0.717, 1.165) is 25.7 Å². The van der Waals surface area contributed by atoms with Crippen molar-refractivity contribution in [3.8, 4) is 0 Å². The van der Waals surface area contributed by atoms with Crippen molar-refractivity contribution < 1.29 is 13.7 Å². The molecule has 2 heteroatoms. The van der Waals surface area contributed by atoms with Gasteiger partial charge in [0.2, 0.25) is 0 Å². The molecule has 4 aliphatic carbocycles. The molecule has 3 saturated carbocycles. The predicted molar refractivity (Wildman–Crippen MR) is 81.6 cm³/mol. The number of fused-ring (bicyclic) bond motifs is 5. The van der Waals surface area contributed by atoms with Crippen molar-refractivity contribution in [3.05, 3.63) is 12.2 Å². The van der Waals surface area contributed by atoms with E-state index in [4.69, 9.17) is 4.11 Å². The van der Waals surface area contributed by atoms with Crippen molar-refractivity contribution in [3.63, 3.8) is 0 Å². The molecule has 0 radical (unpaired) electrons. The third kappa shape index (κ3) is 1.71. The highest BCUT2D eigenvalue weighted by molar-refractivity contribution is 5.97. The van der Waals surface area contributed by atoms with Gasteiger partial charge in [-0.3, -0.25) is 9.59 Å². The van der Waals surface area contributed by atoms with Gasteiger partial charge in [-0.05, 0) is 67.3 Å². The Bertz CT molecular complexity index is 623. The molecule has 114 valence electrons. The van der Waals surface area contributed by atoms with E-state index in [1.807, 2.05) is 6.08 Å². The van der Waals surface area contributed by atoms with Crippen LogP contribution in [0.5, 0.6) is 0 Å². The number of allylic oxidation sites excluding steroid dienone is 2. The molecule has 0 aromatic carbocycles. The molecular weight excluding hydrogens is 260 g/mol. The fraction of sp³-hybridized carbons (Fsp3) is 0.789. The van der Waals surface area contributed by atoms with Crippen molar-refractivity contribution in [2.24, 2.45) is 34.5 Å². The van der Waals surface area contributed by atoms with Crippen LogP contribution in [0.4, 0.5) is 0 Å². The standard InChI is InChI=1S/C19H26O2/c1-18-9-7-13(20)11-12(18)3-4-14-15-5-6-17(21)19(15,2)10-8-16(14)18/h5-6,12,14-16H,3-4,7-11H2,1-2H3/t12?,14-,15-,16-,18-,19-/m0/s1/i2D3. The van der Waals surface area contributed by atoms with Crippen molar-refractivity contribution >= 4 is 11.6 Å². The van der Waals surface area contributed by atoms with E-state index in [9.17, 15) is 9.59 Å². The van der Waals surface area contributed by atoms with E-state index < -0.39 is 12.3 Å². The first-order chi connectivity index (χ1) is 11.2. The van der Waals surface area contributed by atoms with Gasteiger partial charge in [0, 0.05) is 22.4 Å². The van der Waals surface area contributed by atoms with Crippen LogP contribution in [0.15, 0.2) is 12.2 Å². The minimum atomic E-state index is -2.23. The summed E-state index contributed by atoms with van der Waals surface area (Å²) in [6.07, 6.45) is 8.98. The number of hydrogen-bond donors (Lipinski definition) is 0. The van der Waals surface area contributed by atoms with Crippen LogP contribution >= 0.6 is 0 Å². The quantitative estimate of drug-likeness (QED) is 0.677. The molecule has 6 atom stereocenters. The van der Waals surface area contributed by atoms with Crippen molar-refractivity contribution in [1.82, 2.24) is 0 Å². The SMILES string of the molecule is [2H]C([2H])([2H])[C@]12CC[C@H]3[C@@H](CCC4CC(=O)CC[C@@]43C)[C@@H]1C=CC2=O. The van der Waals surface area contributed by atoms with Gasteiger partial charge in [-0.1, -0.05) is 19.9 Å². The second kappa shape index (κ2) is 4.30. The van der Waals surface area contributed by atoms with Gasteiger partial charge in [-0.2, -0.15) is 0 Å². The van der Waals surface area contributed by atoms with Crippen LogP contribution in [0.1, 0.15) is 62.8 Å². The average molecular weight is 289 g/mol. The maximum absolute atomic E-state index is 12.6. The van der Waals surface area contributed by atoms with Crippen LogP contribution in [0.2, 0.25) is 0 Å². The maximum Gasteiger partial charge on any atom is 0.161 e. The molecule has 0 aromatic heterocycles. The first-order valence-corrected chi connectivity index (χ1v) is 8.44. The molecule has 0 saturated heterocycles. The summed E-state index contributed by atoms with van der Waals surface area (Å²) in [5, 5.41) is 0. The van der Waals surface area contributed by atoms with E-state index in [-0.39, 0.29) is 23.0 Å². The Hall–Kier alpha value is -0.920.